The lowest BCUT2D eigenvalue weighted by atomic mass is 10.2. The number of hydrogen-bond acceptors (Lipinski definition) is 5. The number of fused-ring (bicyclic) bond motifs is 1. The quantitative estimate of drug-likeness (QED) is 0.903. The van der Waals surface area contributed by atoms with Gasteiger partial charge in [0.15, 0.2) is 0 Å². The van der Waals surface area contributed by atoms with Gasteiger partial charge in [0.05, 0.1) is 18.4 Å². The highest BCUT2D eigenvalue weighted by Gasteiger charge is 2.20. The summed E-state index contributed by atoms with van der Waals surface area (Å²) < 4.78 is 6.68. The zero-order valence-electron chi connectivity index (χ0n) is 12.0. The highest BCUT2D eigenvalue weighted by Crippen LogP contribution is 2.33. The summed E-state index contributed by atoms with van der Waals surface area (Å²) in [6.45, 7) is 2.99. The molecule has 21 heavy (non-hydrogen) atoms. The van der Waals surface area contributed by atoms with Gasteiger partial charge in [0, 0.05) is 29.7 Å². The summed E-state index contributed by atoms with van der Waals surface area (Å²) in [5, 5.41) is 3.88. The van der Waals surface area contributed by atoms with Crippen LogP contribution >= 0.6 is 11.3 Å². The largest absolute Gasteiger partial charge is 0.397 e. The van der Waals surface area contributed by atoms with Crippen LogP contribution in [0.1, 0.15) is 9.67 Å². The van der Waals surface area contributed by atoms with Crippen molar-refractivity contribution < 1.29 is 9.53 Å². The van der Waals surface area contributed by atoms with E-state index in [-0.39, 0.29) is 12.0 Å². The molecule has 2 aromatic rings. The molecule has 1 aliphatic heterocycles. The second-order valence-electron chi connectivity index (χ2n) is 5.31. The molecule has 1 unspecified atom stereocenters. The minimum atomic E-state index is -0.120. The number of anilines is 1. The number of hydrogen-bond donors (Lipinski definition) is 2. The molecular weight excluding hydrogens is 286 g/mol. The lowest BCUT2D eigenvalue weighted by Crippen LogP contribution is -2.45. The standard InChI is InChI=1S/C15H19N3O2S/c1-18-6-7-20-10(9-18)8-17-15(19)14-13(16)11-4-2-3-5-12(11)21-14/h2-5,10H,6-9,16H2,1H3,(H,17,19). The Bertz CT molecular complexity index is 655. The first-order chi connectivity index (χ1) is 10.1. The third kappa shape index (κ3) is 3.02. The number of rotatable bonds is 3. The Morgan fingerprint density at radius 3 is 3.10 bits per heavy atom. The number of likely N-dealkylation sites (N-methyl/N-ethyl adjacent to an activating group) is 1. The van der Waals surface area contributed by atoms with E-state index in [1.807, 2.05) is 24.3 Å². The van der Waals surface area contributed by atoms with Gasteiger partial charge in [-0.05, 0) is 13.1 Å². The van der Waals surface area contributed by atoms with Crippen molar-refractivity contribution in [3.63, 3.8) is 0 Å². The van der Waals surface area contributed by atoms with Crippen molar-refractivity contribution in [1.29, 1.82) is 0 Å². The van der Waals surface area contributed by atoms with Gasteiger partial charge in [0.25, 0.3) is 5.91 Å². The second kappa shape index (κ2) is 6.01. The normalized spacial score (nSPS) is 19.8. The maximum atomic E-state index is 12.3. The summed E-state index contributed by atoms with van der Waals surface area (Å²) in [5.74, 6) is -0.120. The van der Waals surface area contributed by atoms with Gasteiger partial charge in [-0.25, -0.2) is 0 Å². The van der Waals surface area contributed by atoms with Crippen molar-refractivity contribution in [2.24, 2.45) is 0 Å². The Morgan fingerprint density at radius 1 is 1.52 bits per heavy atom. The number of carbonyl (C=O) groups excluding carboxylic acids is 1. The van der Waals surface area contributed by atoms with E-state index in [1.165, 1.54) is 11.3 Å². The molecule has 1 aromatic carbocycles. The van der Waals surface area contributed by atoms with Crippen LogP contribution in [0.3, 0.4) is 0 Å². The molecule has 0 saturated carbocycles. The number of morpholine rings is 1. The molecule has 1 aliphatic rings. The molecule has 0 bridgehead atoms. The number of benzene rings is 1. The molecule has 5 nitrogen and oxygen atoms in total. The molecule has 3 N–H and O–H groups in total. The van der Waals surface area contributed by atoms with E-state index in [2.05, 4.69) is 17.3 Å². The molecule has 1 fully saturated rings. The fraction of sp³-hybridized carbons (Fsp3) is 0.400. The summed E-state index contributed by atoms with van der Waals surface area (Å²) in [6, 6.07) is 7.80. The minimum absolute atomic E-state index is 0.0447. The maximum absolute atomic E-state index is 12.3. The molecule has 112 valence electrons. The number of carbonyl (C=O) groups is 1. The van der Waals surface area contributed by atoms with Gasteiger partial charge < -0.3 is 20.7 Å². The van der Waals surface area contributed by atoms with Crippen LogP contribution in [0, 0.1) is 0 Å². The number of nitrogens with two attached hydrogens (primary N) is 1. The summed E-state index contributed by atoms with van der Waals surface area (Å²) in [4.78, 5) is 15.1. The van der Waals surface area contributed by atoms with Crippen molar-refractivity contribution in [1.82, 2.24) is 10.2 Å². The van der Waals surface area contributed by atoms with Crippen molar-refractivity contribution >= 4 is 33.0 Å². The lowest BCUT2D eigenvalue weighted by molar-refractivity contribution is -0.0174. The van der Waals surface area contributed by atoms with E-state index in [1.54, 1.807) is 0 Å². The Kier molecular flexibility index (Phi) is 4.10. The zero-order valence-corrected chi connectivity index (χ0v) is 12.8. The first-order valence-corrected chi connectivity index (χ1v) is 7.82. The van der Waals surface area contributed by atoms with Crippen LogP contribution in [0.15, 0.2) is 24.3 Å². The van der Waals surface area contributed by atoms with Crippen molar-refractivity contribution in [3.05, 3.63) is 29.1 Å². The third-order valence-electron chi connectivity index (χ3n) is 3.67. The molecule has 3 rings (SSSR count). The van der Waals surface area contributed by atoms with Crippen LogP contribution in [-0.4, -0.2) is 50.2 Å². The SMILES string of the molecule is CN1CCOC(CNC(=O)c2sc3ccccc3c2N)C1. The van der Waals surface area contributed by atoms with E-state index < -0.39 is 0 Å². The number of amides is 1. The molecule has 1 saturated heterocycles. The monoisotopic (exact) mass is 305 g/mol. The van der Waals surface area contributed by atoms with E-state index in [0.29, 0.717) is 23.7 Å². The number of nitrogens with one attached hydrogen (secondary N) is 1. The first-order valence-electron chi connectivity index (χ1n) is 7.00. The second-order valence-corrected chi connectivity index (χ2v) is 6.36. The molecule has 6 heteroatoms. The molecule has 0 aliphatic carbocycles. The summed E-state index contributed by atoms with van der Waals surface area (Å²) in [5.41, 5.74) is 6.65. The van der Waals surface area contributed by atoms with E-state index in [9.17, 15) is 4.79 Å². The zero-order chi connectivity index (χ0) is 14.8. The van der Waals surface area contributed by atoms with Crippen LogP contribution in [0.4, 0.5) is 5.69 Å². The van der Waals surface area contributed by atoms with Gasteiger partial charge in [0.2, 0.25) is 0 Å². The maximum Gasteiger partial charge on any atom is 0.263 e. The predicted octanol–water partition coefficient (Wildman–Crippen LogP) is 1.54. The molecule has 2 heterocycles. The first kappa shape index (κ1) is 14.3. The molecule has 1 aromatic heterocycles. The smallest absolute Gasteiger partial charge is 0.263 e. The lowest BCUT2D eigenvalue weighted by Gasteiger charge is -2.30. The number of thiophene rings is 1. The van der Waals surface area contributed by atoms with Crippen molar-refractivity contribution in [3.8, 4) is 0 Å². The number of nitrogens with zero attached hydrogens (tertiary/aromatic N) is 1. The summed E-state index contributed by atoms with van der Waals surface area (Å²) in [6.07, 6.45) is 0.0447. The predicted molar refractivity (Wildman–Crippen MR) is 85.8 cm³/mol. The van der Waals surface area contributed by atoms with Gasteiger partial charge in [-0.2, -0.15) is 0 Å². The highest BCUT2D eigenvalue weighted by molar-refractivity contribution is 7.21. The van der Waals surface area contributed by atoms with Gasteiger partial charge in [-0.15, -0.1) is 11.3 Å². The molecule has 1 atom stereocenters. The van der Waals surface area contributed by atoms with Gasteiger partial charge in [0.1, 0.15) is 4.88 Å². The van der Waals surface area contributed by atoms with Gasteiger partial charge >= 0.3 is 0 Å². The van der Waals surface area contributed by atoms with Crippen molar-refractivity contribution in [2.45, 2.75) is 6.10 Å². The molecule has 1 amide bonds. The summed E-state index contributed by atoms with van der Waals surface area (Å²) in [7, 11) is 2.06. The molecular formula is C15H19N3O2S. The van der Waals surface area contributed by atoms with Crippen molar-refractivity contribution in [2.75, 3.05) is 39.0 Å². The Hall–Kier alpha value is -1.63. The Morgan fingerprint density at radius 2 is 2.33 bits per heavy atom. The van der Waals surface area contributed by atoms with Crippen LogP contribution in [0.25, 0.3) is 10.1 Å². The highest BCUT2D eigenvalue weighted by atomic mass is 32.1. The van der Waals surface area contributed by atoms with E-state index in [4.69, 9.17) is 10.5 Å². The number of nitrogen functional groups attached to an aromatic ring is 1. The Labute approximate surface area is 127 Å². The van der Waals surface area contributed by atoms with Crippen LogP contribution in [0.2, 0.25) is 0 Å². The fourth-order valence-electron chi connectivity index (χ4n) is 2.51. The van der Waals surface area contributed by atoms with Gasteiger partial charge in [-0.1, -0.05) is 18.2 Å². The van der Waals surface area contributed by atoms with Gasteiger partial charge in [-0.3, -0.25) is 4.79 Å². The minimum Gasteiger partial charge on any atom is -0.397 e. The van der Waals surface area contributed by atoms with E-state index >= 15 is 0 Å². The molecule has 0 radical (unpaired) electrons. The third-order valence-corrected chi connectivity index (χ3v) is 4.86. The van der Waals surface area contributed by atoms with E-state index in [0.717, 1.165) is 23.2 Å². The average Bonchev–Trinajstić information content (AvgIpc) is 2.83. The topological polar surface area (TPSA) is 67.6 Å². The van der Waals surface area contributed by atoms with Crippen LogP contribution < -0.4 is 11.1 Å². The summed E-state index contributed by atoms with van der Waals surface area (Å²) >= 11 is 1.43. The number of ether oxygens (including phenoxy) is 1. The fourth-order valence-corrected chi connectivity index (χ4v) is 3.55. The Balaban J connectivity index is 1.68. The van der Waals surface area contributed by atoms with Crippen LogP contribution in [-0.2, 0) is 4.74 Å². The average molecular weight is 305 g/mol. The molecule has 0 spiro atoms. The van der Waals surface area contributed by atoms with Crippen LogP contribution in [0.5, 0.6) is 0 Å².